The molecule has 0 rings (SSSR count). The van der Waals surface area contributed by atoms with Crippen LogP contribution in [0.2, 0.25) is 0 Å². The summed E-state index contributed by atoms with van der Waals surface area (Å²) in [4.78, 5) is 0. The number of rotatable bonds is 2. The Morgan fingerprint density at radius 3 is 1.18 bits per heavy atom. The van der Waals surface area contributed by atoms with E-state index in [0.29, 0.717) is 0 Å². The molecule has 0 saturated carbocycles. The van der Waals surface area contributed by atoms with Gasteiger partial charge in [0.15, 0.2) is 0 Å². The molecule has 62 valence electrons. The standard InChI is InChI=1S/CH4O6S2.Mg.Na.3H/c2-8(3,4)1-9(5,6)7;;;;;/h1H2,(H,2,3,4)(H,5,6,7);;;;;/q;+2;+1;3*-1. The third kappa shape index (κ3) is 18.5. The molecule has 0 heterocycles. The number of hydrogen-bond acceptors (Lipinski definition) is 4. The van der Waals surface area contributed by atoms with E-state index in [1.165, 1.54) is 0 Å². The molecule has 0 unspecified atom stereocenters. The van der Waals surface area contributed by atoms with E-state index in [1.807, 2.05) is 0 Å². The van der Waals surface area contributed by atoms with Gasteiger partial charge in [-0.1, -0.05) is 0 Å². The van der Waals surface area contributed by atoms with Crippen LogP contribution < -0.4 is 29.6 Å². The quantitative estimate of drug-likeness (QED) is 0.364. The SMILES string of the molecule is O=S(=O)(O)CS(=O)(=O)O.[H-].[H-].[H-].[Mg+2].[Na+]. The van der Waals surface area contributed by atoms with Gasteiger partial charge in [-0.25, -0.2) is 0 Å². The topological polar surface area (TPSA) is 109 Å². The summed E-state index contributed by atoms with van der Waals surface area (Å²) in [5.74, 6) is 0. The van der Waals surface area contributed by atoms with Crippen molar-refractivity contribution in [1.29, 1.82) is 0 Å². The first-order valence-electron chi connectivity index (χ1n) is 1.61. The summed E-state index contributed by atoms with van der Waals surface area (Å²) in [5, 5.41) is -1.65. The van der Waals surface area contributed by atoms with Crippen molar-refractivity contribution in [1.82, 2.24) is 0 Å². The average Bonchev–Trinajstić information content (AvgIpc) is 1.14. The Kier molecular flexibility index (Phi) is 10.2. The predicted octanol–water partition coefficient (Wildman–Crippen LogP) is -4.32. The molecule has 0 aliphatic heterocycles. The van der Waals surface area contributed by atoms with E-state index < -0.39 is 25.3 Å². The monoisotopic (exact) mass is 226 g/mol. The molecule has 0 aliphatic carbocycles. The Bertz CT molecular complexity index is 256. The van der Waals surface area contributed by atoms with Gasteiger partial charge in [0.05, 0.1) is 0 Å². The van der Waals surface area contributed by atoms with E-state index in [9.17, 15) is 16.8 Å². The molecule has 0 amide bonds. The smallest absolute Gasteiger partial charge is 1.00 e. The van der Waals surface area contributed by atoms with Crippen molar-refractivity contribution in [2.24, 2.45) is 0 Å². The average molecular weight is 226 g/mol. The van der Waals surface area contributed by atoms with E-state index >= 15 is 0 Å². The summed E-state index contributed by atoms with van der Waals surface area (Å²) in [6.07, 6.45) is 0. The van der Waals surface area contributed by atoms with Crippen molar-refractivity contribution in [2.45, 2.75) is 0 Å². The Balaban J connectivity index is -0.0000000320. The van der Waals surface area contributed by atoms with Gasteiger partial charge in [0.1, 0.15) is 0 Å². The van der Waals surface area contributed by atoms with Crippen molar-refractivity contribution >= 4 is 43.3 Å². The summed E-state index contributed by atoms with van der Waals surface area (Å²) in [5.41, 5.74) is 0. The zero-order valence-corrected chi connectivity index (χ0v) is 10.8. The Morgan fingerprint density at radius 1 is 1.00 bits per heavy atom. The van der Waals surface area contributed by atoms with Crippen molar-refractivity contribution in [3.8, 4) is 0 Å². The first-order valence-corrected chi connectivity index (χ1v) is 4.83. The van der Waals surface area contributed by atoms with Crippen LogP contribution in [0.1, 0.15) is 4.28 Å². The summed E-state index contributed by atoms with van der Waals surface area (Å²) >= 11 is 0. The minimum absolute atomic E-state index is 0. The maximum Gasteiger partial charge on any atom is 2.00 e. The first kappa shape index (κ1) is 18.4. The predicted molar refractivity (Wildman–Crippen MR) is 37.1 cm³/mol. The fourth-order valence-corrected chi connectivity index (χ4v) is 1.69. The Morgan fingerprint density at radius 2 is 1.18 bits per heavy atom. The summed E-state index contributed by atoms with van der Waals surface area (Å²) in [7, 11) is -9.24. The second-order valence-electron chi connectivity index (χ2n) is 1.28. The van der Waals surface area contributed by atoms with Crippen LogP contribution in [0.4, 0.5) is 0 Å². The Labute approximate surface area is 107 Å². The zero-order valence-electron chi connectivity index (χ0n) is 8.76. The van der Waals surface area contributed by atoms with Crippen LogP contribution >= 0.6 is 0 Å². The van der Waals surface area contributed by atoms with Gasteiger partial charge in [-0.15, -0.1) is 0 Å². The van der Waals surface area contributed by atoms with Crippen molar-refractivity contribution in [2.75, 3.05) is 5.08 Å². The fraction of sp³-hybridized carbons (Fsp3) is 1.00. The summed E-state index contributed by atoms with van der Waals surface area (Å²) in [6, 6.07) is 0. The molecule has 0 spiro atoms. The molecule has 0 fully saturated rings. The molecule has 0 aromatic heterocycles. The third-order valence-electron chi connectivity index (χ3n) is 0.298. The molecular weight excluding hydrogens is 219 g/mol. The van der Waals surface area contributed by atoms with Crippen LogP contribution in [0.15, 0.2) is 0 Å². The van der Waals surface area contributed by atoms with Gasteiger partial charge in [0.25, 0.3) is 20.2 Å². The molecule has 0 atom stereocenters. The van der Waals surface area contributed by atoms with Crippen molar-refractivity contribution < 1.29 is 59.8 Å². The van der Waals surface area contributed by atoms with Crippen LogP contribution in [-0.4, -0.2) is 54.1 Å². The molecular formula is CH7MgNaO6S2. The zero-order chi connectivity index (χ0) is 7.71. The van der Waals surface area contributed by atoms with Crippen LogP contribution in [0.25, 0.3) is 0 Å². The van der Waals surface area contributed by atoms with Gasteiger partial charge >= 0.3 is 52.6 Å². The van der Waals surface area contributed by atoms with Crippen molar-refractivity contribution in [3.05, 3.63) is 0 Å². The minimum Gasteiger partial charge on any atom is -1.00 e. The van der Waals surface area contributed by atoms with Crippen molar-refractivity contribution in [3.63, 3.8) is 0 Å². The molecule has 2 N–H and O–H groups in total. The van der Waals surface area contributed by atoms with Crippen LogP contribution in [0.3, 0.4) is 0 Å². The molecule has 6 nitrogen and oxygen atoms in total. The van der Waals surface area contributed by atoms with Gasteiger partial charge in [0, 0.05) is 0 Å². The maximum atomic E-state index is 9.66. The molecule has 0 bridgehead atoms. The van der Waals surface area contributed by atoms with E-state index in [-0.39, 0.29) is 56.9 Å². The molecule has 10 heteroatoms. The van der Waals surface area contributed by atoms with Gasteiger partial charge < -0.3 is 4.28 Å². The summed E-state index contributed by atoms with van der Waals surface area (Å²) in [6.45, 7) is 0. The van der Waals surface area contributed by atoms with Gasteiger partial charge in [0.2, 0.25) is 5.08 Å². The first-order chi connectivity index (χ1) is 3.71. The number of hydrogen-bond donors (Lipinski definition) is 2. The molecule has 0 aliphatic rings. The fourth-order valence-electron chi connectivity index (χ4n) is 0.188. The van der Waals surface area contributed by atoms with Gasteiger partial charge in [-0.3, -0.25) is 9.11 Å². The maximum absolute atomic E-state index is 9.66. The molecule has 0 saturated heterocycles. The molecule has 11 heavy (non-hydrogen) atoms. The molecule has 0 radical (unpaired) electrons. The van der Waals surface area contributed by atoms with Gasteiger partial charge in [-0.05, 0) is 0 Å². The van der Waals surface area contributed by atoms with Crippen LogP contribution in [0.5, 0.6) is 0 Å². The third-order valence-corrected chi connectivity index (χ3v) is 2.68. The minimum atomic E-state index is -4.62. The van der Waals surface area contributed by atoms with Gasteiger partial charge in [-0.2, -0.15) is 16.8 Å². The largest absolute Gasteiger partial charge is 2.00 e. The van der Waals surface area contributed by atoms with Crippen LogP contribution in [0, 0.1) is 0 Å². The van der Waals surface area contributed by atoms with E-state index in [0.717, 1.165) is 0 Å². The summed E-state index contributed by atoms with van der Waals surface area (Å²) < 4.78 is 54.2. The van der Waals surface area contributed by atoms with Crippen LogP contribution in [-0.2, 0) is 20.2 Å². The van der Waals surface area contributed by atoms with E-state index in [4.69, 9.17) is 9.11 Å². The van der Waals surface area contributed by atoms with E-state index in [1.54, 1.807) is 0 Å². The molecule has 0 aromatic carbocycles. The molecule has 0 aromatic rings. The van der Waals surface area contributed by atoms with E-state index in [2.05, 4.69) is 0 Å². The second kappa shape index (κ2) is 6.10. The second-order valence-corrected chi connectivity index (χ2v) is 4.55. The normalized spacial score (nSPS) is 11.1. The Hall–Kier alpha value is 1.59.